The summed E-state index contributed by atoms with van der Waals surface area (Å²) in [5, 5.41) is 13.8. The molecule has 0 spiro atoms. The van der Waals surface area contributed by atoms with Crippen molar-refractivity contribution in [3.05, 3.63) is 41.3 Å². The molecule has 1 unspecified atom stereocenters. The number of halogens is 1. The molecule has 27 heavy (non-hydrogen) atoms. The van der Waals surface area contributed by atoms with Crippen molar-refractivity contribution in [1.29, 1.82) is 0 Å². The predicted octanol–water partition coefficient (Wildman–Crippen LogP) is 3.01. The summed E-state index contributed by atoms with van der Waals surface area (Å²) in [6, 6.07) is 7.56. The maximum Gasteiger partial charge on any atom is 0.224 e. The van der Waals surface area contributed by atoms with E-state index in [1.165, 1.54) is 0 Å². The number of aromatic nitrogens is 4. The molecule has 0 amide bonds. The molecule has 3 heterocycles. The summed E-state index contributed by atoms with van der Waals surface area (Å²) in [5.41, 5.74) is 1.90. The van der Waals surface area contributed by atoms with Gasteiger partial charge < -0.3 is 20.3 Å². The van der Waals surface area contributed by atoms with E-state index in [0.717, 1.165) is 61.4 Å². The van der Waals surface area contributed by atoms with E-state index in [0.29, 0.717) is 17.5 Å². The number of hydrogen-bond acceptors (Lipinski definition) is 6. The van der Waals surface area contributed by atoms with E-state index in [2.05, 4.69) is 30.2 Å². The van der Waals surface area contributed by atoms with Crippen LogP contribution in [0.3, 0.4) is 0 Å². The van der Waals surface area contributed by atoms with Gasteiger partial charge in [0.1, 0.15) is 11.6 Å². The molecule has 2 aromatic heterocycles. The second-order valence-corrected chi connectivity index (χ2v) is 7.29. The van der Waals surface area contributed by atoms with Gasteiger partial charge >= 0.3 is 0 Å². The Balaban J connectivity index is 1.30. The molecule has 3 aromatic rings. The normalized spacial score (nSPS) is 17.4. The topological polar surface area (TPSA) is 90.0 Å². The minimum absolute atomic E-state index is 0.274. The summed E-state index contributed by atoms with van der Waals surface area (Å²) in [5.74, 6) is 2.43. The lowest BCUT2D eigenvalue weighted by Gasteiger charge is -2.31. The molecule has 0 aliphatic carbocycles. The zero-order valence-electron chi connectivity index (χ0n) is 15.0. The number of imidazole rings is 1. The number of piperidine rings is 1. The van der Waals surface area contributed by atoms with Crippen LogP contribution in [-0.4, -0.2) is 50.8 Å². The van der Waals surface area contributed by atoms with Crippen LogP contribution in [0.5, 0.6) is 0 Å². The summed E-state index contributed by atoms with van der Waals surface area (Å²) >= 11 is 6.01. The van der Waals surface area contributed by atoms with Gasteiger partial charge in [-0.15, -0.1) is 0 Å². The summed E-state index contributed by atoms with van der Waals surface area (Å²) < 4.78 is 0. The average Bonchev–Trinajstić information content (AvgIpc) is 3.07. The van der Waals surface area contributed by atoms with E-state index in [1.54, 1.807) is 6.20 Å². The zero-order valence-corrected chi connectivity index (χ0v) is 15.8. The summed E-state index contributed by atoms with van der Waals surface area (Å²) in [6.45, 7) is 2.31. The smallest absolute Gasteiger partial charge is 0.224 e. The Labute approximate surface area is 162 Å². The van der Waals surface area contributed by atoms with Crippen molar-refractivity contribution < 1.29 is 5.11 Å². The Hall–Kier alpha value is -2.38. The largest absolute Gasteiger partial charge is 0.391 e. The third-order valence-electron chi connectivity index (χ3n) is 4.73. The number of hydrogen-bond donors (Lipinski definition) is 3. The predicted molar refractivity (Wildman–Crippen MR) is 107 cm³/mol. The van der Waals surface area contributed by atoms with Crippen LogP contribution >= 0.6 is 11.6 Å². The van der Waals surface area contributed by atoms with E-state index in [1.807, 2.05) is 24.3 Å². The Bertz CT molecular complexity index is 914. The van der Waals surface area contributed by atoms with Crippen molar-refractivity contribution >= 4 is 34.4 Å². The molecule has 0 saturated carbocycles. The number of nitrogens with zero attached hydrogens (tertiary/aromatic N) is 4. The van der Waals surface area contributed by atoms with E-state index < -0.39 is 0 Å². The Morgan fingerprint density at radius 1 is 1.30 bits per heavy atom. The van der Waals surface area contributed by atoms with Crippen LogP contribution in [0, 0.1) is 0 Å². The number of H-pyrrole nitrogens is 1. The number of aliphatic hydroxyl groups excluding tert-OH is 1. The molecule has 8 heteroatoms. The molecule has 1 aromatic carbocycles. The number of aromatic amines is 1. The fraction of sp³-hybridized carbons (Fsp3) is 0.421. The zero-order chi connectivity index (χ0) is 18.6. The highest BCUT2D eigenvalue weighted by Gasteiger charge is 2.19. The fourth-order valence-electron chi connectivity index (χ4n) is 3.38. The number of fused-ring (bicyclic) bond motifs is 1. The van der Waals surface area contributed by atoms with Gasteiger partial charge in [-0.05, 0) is 43.5 Å². The standard InChI is InChI=1S/C19H23ClN6O/c20-13-5-6-15-16(11-13)24-17(23-15)4-1-8-21-19-22-9-7-18(25-19)26-10-2-3-14(27)12-26/h5-7,9,11,14,27H,1-4,8,10,12H2,(H,23,24)(H,21,22,25). The molecule has 1 atom stereocenters. The van der Waals surface area contributed by atoms with Gasteiger partial charge in [-0.3, -0.25) is 0 Å². The summed E-state index contributed by atoms with van der Waals surface area (Å²) in [6.07, 6.45) is 5.07. The number of rotatable bonds is 6. The molecule has 7 nitrogen and oxygen atoms in total. The highest BCUT2D eigenvalue weighted by Crippen LogP contribution is 2.19. The molecule has 1 aliphatic heterocycles. The first kappa shape index (κ1) is 18.0. The highest BCUT2D eigenvalue weighted by molar-refractivity contribution is 6.31. The third kappa shape index (κ3) is 4.48. The first-order valence-corrected chi connectivity index (χ1v) is 9.69. The molecule has 1 aliphatic rings. The molecular weight excluding hydrogens is 364 g/mol. The SMILES string of the molecule is OC1CCCN(c2ccnc(NCCCc3nc4ccc(Cl)cc4[nH]3)n2)C1. The average molecular weight is 387 g/mol. The number of aryl methyl sites for hydroxylation is 1. The molecule has 1 fully saturated rings. The first-order valence-electron chi connectivity index (χ1n) is 9.31. The maximum atomic E-state index is 9.84. The number of aliphatic hydroxyl groups is 1. The van der Waals surface area contributed by atoms with Crippen LogP contribution in [0.4, 0.5) is 11.8 Å². The van der Waals surface area contributed by atoms with Gasteiger partial charge in [-0.1, -0.05) is 11.6 Å². The second-order valence-electron chi connectivity index (χ2n) is 6.86. The quantitative estimate of drug-likeness (QED) is 0.564. The monoisotopic (exact) mass is 386 g/mol. The van der Waals surface area contributed by atoms with Gasteiger partial charge in [-0.2, -0.15) is 4.98 Å². The lowest BCUT2D eigenvalue weighted by Crippen LogP contribution is -2.38. The number of benzene rings is 1. The van der Waals surface area contributed by atoms with Crippen LogP contribution in [0.25, 0.3) is 11.0 Å². The third-order valence-corrected chi connectivity index (χ3v) is 4.96. The van der Waals surface area contributed by atoms with E-state index >= 15 is 0 Å². The van der Waals surface area contributed by atoms with Crippen LogP contribution in [0.15, 0.2) is 30.5 Å². The van der Waals surface area contributed by atoms with E-state index in [9.17, 15) is 5.11 Å². The van der Waals surface area contributed by atoms with Crippen LogP contribution < -0.4 is 10.2 Å². The van der Waals surface area contributed by atoms with Crippen LogP contribution in [0.1, 0.15) is 25.1 Å². The highest BCUT2D eigenvalue weighted by atomic mass is 35.5. The first-order chi connectivity index (χ1) is 13.2. The van der Waals surface area contributed by atoms with Crippen LogP contribution in [0.2, 0.25) is 5.02 Å². The minimum atomic E-state index is -0.274. The molecule has 4 rings (SSSR count). The lowest BCUT2D eigenvalue weighted by atomic mass is 10.1. The fourth-order valence-corrected chi connectivity index (χ4v) is 3.55. The minimum Gasteiger partial charge on any atom is -0.391 e. The van der Waals surface area contributed by atoms with Gasteiger partial charge in [0.25, 0.3) is 0 Å². The Morgan fingerprint density at radius 3 is 3.11 bits per heavy atom. The van der Waals surface area contributed by atoms with Crippen molar-refractivity contribution in [2.75, 3.05) is 29.9 Å². The van der Waals surface area contributed by atoms with Crippen molar-refractivity contribution in [2.45, 2.75) is 31.8 Å². The van der Waals surface area contributed by atoms with Crippen molar-refractivity contribution in [1.82, 2.24) is 19.9 Å². The van der Waals surface area contributed by atoms with E-state index in [4.69, 9.17) is 11.6 Å². The van der Waals surface area contributed by atoms with Gasteiger partial charge in [0.2, 0.25) is 5.95 Å². The summed E-state index contributed by atoms with van der Waals surface area (Å²) in [7, 11) is 0. The number of β-amino-alcohol motifs (C(OH)–C–C–N with tert-alkyl or cyclic N) is 1. The molecule has 142 valence electrons. The van der Waals surface area contributed by atoms with E-state index in [-0.39, 0.29) is 6.10 Å². The number of nitrogens with one attached hydrogen (secondary N) is 2. The van der Waals surface area contributed by atoms with Crippen molar-refractivity contribution in [3.63, 3.8) is 0 Å². The molecule has 3 N–H and O–H groups in total. The molecule has 1 saturated heterocycles. The molecular formula is C19H23ClN6O. The Morgan fingerprint density at radius 2 is 2.22 bits per heavy atom. The molecule has 0 radical (unpaired) electrons. The molecule has 0 bridgehead atoms. The van der Waals surface area contributed by atoms with Gasteiger partial charge in [-0.25, -0.2) is 9.97 Å². The Kier molecular flexibility index (Phi) is 5.40. The number of anilines is 2. The van der Waals surface area contributed by atoms with Crippen molar-refractivity contribution in [3.8, 4) is 0 Å². The van der Waals surface area contributed by atoms with Gasteiger partial charge in [0.05, 0.1) is 17.1 Å². The summed E-state index contributed by atoms with van der Waals surface area (Å²) in [4.78, 5) is 18.9. The lowest BCUT2D eigenvalue weighted by molar-refractivity contribution is 0.154. The van der Waals surface area contributed by atoms with Gasteiger partial charge in [0.15, 0.2) is 0 Å². The van der Waals surface area contributed by atoms with Crippen molar-refractivity contribution in [2.24, 2.45) is 0 Å². The van der Waals surface area contributed by atoms with Crippen LogP contribution in [-0.2, 0) is 6.42 Å². The van der Waals surface area contributed by atoms with Gasteiger partial charge in [0, 0.05) is 37.3 Å². The second kappa shape index (κ2) is 8.10. The maximum absolute atomic E-state index is 9.84.